The molecule has 1 aromatic carbocycles. The number of methoxy groups -OCH3 is 1. The maximum absolute atomic E-state index is 11.4. The van der Waals surface area contributed by atoms with Crippen LogP contribution in [0, 0.1) is 6.92 Å². The number of fused-ring (bicyclic) bond motifs is 1. The molecule has 0 amide bonds. The monoisotopic (exact) mass is 341 g/mol. The Kier molecular flexibility index (Phi) is 7.45. The number of allylic oxidation sites excluding steroid dienone is 2. The Hall–Kier alpha value is -2.36. The van der Waals surface area contributed by atoms with Crippen LogP contribution in [0.2, 0.25) is 0 Å². The topological polar surface area (TPSA) is 48.4 Å². The number of carbonyl (C=O) groups excluding carboxylic acids is 1. The molecule has 0 radical (unpaired) electrons. The van der Waals surface area contributed by atoms with E-state index in [9.17, 15) is 4.79 Å². The summed E-state index contributed by atoms with van der Waals surface area (Å²) in [6, 6.07) is 7.83. The fourth-order valence-corrected chi connectivity index (χ4v) is 2.73. The molecule has 0 atom stereocenters. The lowest BCUT2D eigenvalue weighted by Gasteiger charge is -2.14. The molecule has 0 aliphatic carbocycles. The summed E-state index contributed by atoms with van der Waals surface area (Å²) in [7, 11) is 1.36. The molecule has 0 spiro atoms. The lowest BCUT2D eigenvalue weighted by Crippen LogP contribution is -2.14. The van der Waals surface area contributed by atoms with E-state index in [1.54, 1.807) is 0 Å². The van der Waals surface area contributed by atoms with Gasteiger partial charge in [0.25, 0.3) is 0 Å². The number of hydrogen-bond acceptors (Lipinski definition) is 4. The highest BCUT2D eigenvalue weighted by atomic mass is 16.6. The second-order valence-corrected chi connectivity index (χ2v) is 6.07. The van der Waals surface area contributed by atoms with E-state index in [-0.39, 0.29) is 6.61 Å². The number of pyridine rings is 1. The molecule has 1 heterocycles. The predicted octanol–water partition coefficient (Wildman–Crippen LogP) is 4.77. The van der Waals surface area contributed by atoms with Gasteiger partial charge in [0.15, 0.2) is 6.61 Å². The molecule has 134 valence electrons. The minimum absolute atomic E-state index is 0.0996. The summed E-state index contributed by atoms with van der Waals surface area (Å²) in [4.78, 5) is 16.2. The standard InChI is InChI=1S/C21H27NO3/c1-4-5-6-7-8-9-13-18-16(2)21(25-15-20(23)24-3)17-12-10-11-14-19(17)22-18/h8-12,14H,4-7,13,15H2,1-3H3/b9-8+. The number of carbonyl (C=O) groups is 1. The third kappa shape index (κ3) is 5.31. The van der Waals surface area contributed by atoms with Crippen molar-refractivity contribution in [3.05, 3.63) is 47.7 Å². The summed E-state index contributed by atoms with van der Waals surface area (Å²) in [5, 5.41) is 0.916. The molecular formula is C21H27NO3. The van der Waals surface area contributed by atoms with Crippen LogP contribution in [0.1, 0.15) is 43.9 Å². The average molecular weight is 341 g/mol. The van der Waals surface area contributed by atoms with Crippen molar-refractivity contribution in [1.29, 1.82) is 0 Å². The van der Waals surface area contributed by atoms with Crippen molar-refractivity contribution in [2.24, 2.45) is 0 Å². The third-order valence-corrected chi connectivity index (χ3v) is 4.19. The van der Waals surface area contributed by atoms with Gasteiger partial charge in [-0.25, -0.2) is 4.79 Å². The number of esters is 1. The molecule has 0 saturated carbocycles. The number of hydrogen-bond donors (Lipinski definition) is 0. The third-order valence-electron chi connectivity index (χ3n) is 4.19. The Morgan fingerprint density at radius 2 is 2.00 bits per heavy atom. The first kappa shape index (κ1) is 19.0. The Balaban J connectivity index is 2.22. The maximum Gasteiger partial charge on any atom is 0.343 e. The Labute approximate surface area is 149 Å². The lowest BCUT2D eigenvalue weighted by atomic mass is 10.1. The van der Waals surface area contributed by atoms with Gasteiger partial charge in [0.2, 0.25) is 0 Å². The summed E-state index contributed by atoms with van der Waals surface area (Å²) in [5.41, 5.74) is 2.83. The minimum atomic E-state index is -0.391. The highest BCUT2D eigenvalue weighted by molar-refractivity contribution is 5.87. The molecule has 0 fully saturated rings. The van der Waals surface area contributed by atoms with Crippen molar-refractivity contribution >= 4 is 16.9 Å². The second kappa shape index (κ2) is 9.82. The summed E-state index contributed by atoms with van der Waals surface area (Å²) >= 11 is 0. The smallest absolute Gasteiger partial charge is 0.343 e. The largest absolute Gasteiger partial charge is 0.481 e. The molecule has 2 aromatic rings. The second-order valence-electron chi connectivity index (χ2n) is 6.07. The van der Waals surface area contributed by atoms with Gasteiger partial charge in [-0.05, 0) is 31.9 Å². The summed E-state index contributed by atoms with van der Waals surface area (Å²) < 4.78 is 10.4. The molecule has 0 aliphatic heterocycles. The molecule has 25 heavy (non-hydrogen) atoms. The van der Waals surface area contributed by atoms with E-state index in [0.717, 1.165) is 35.0 Å². The number of rotatable bonds is 9. The zero-order chi connectivity index (χ0) is 18.1. The number of nitrogens with zero attached hydrogens (tertiary/aromatic N) is 1. The van der Waals surface area contributed by atoms with E-state index in [2.05, 4.69) is 23.8 Å². The molecule has 0 saturated heterocycles. The van der Waals surface area contributed by atoms with Crippen molar-refractivity contribution in [2.75, 3.05) is 13.7 Å². The number of unbranched alkanes of at least 4 members (excludes halogenated alkanes) is 3. The van der Waals surface area contributed by atoms with Crippen LogP contribution < -0.4 is 4.74 Å². The van der Waals surface area contributed by atoms with E-state index >= 15 is 0 Å². The van der Waals surface area contributed by atoms with Crippen molar-refractivity contribution in [3.63, 3.8) is 0 Å². The summed E-state index contributed by atoms with van der Waals surface area (Å²) in [5.74, 6) is 0.322. The summed E-state index contributed by atoms with van der Waals surface area (Å²) in [6.07, 6.45) is 9.99. The molecular weight excluding hydrogens is 314 g/mol. The van der Waals surface area contributed by atoms with E-state index in [4.69, 9.17) is 9.72 Å². The van der Waals surface area contributed by atoms with E-state index in [0.29, 0.717) is 5.75 Å². The van der Waals surface area contributed by atoms with Crippen LogP contribution in [0.5, 0.6) is 5.75 Å². The van der Waals surface area contributed by atoms with Crippen LogP contribution in [0.3, 0.4) is 0 Å². The van der Waals surface area contributed by atoms with Gasteiger partial charge in [0.05, 0.1) is 18.3 Å². The van der Waals surface area contributed by atoms with Gasteiger partial charge < -0.3 is 9.47 Å². The van der Waals surface area contributed by atoms with Crippen molar-refractivity contribution in [3.8, 4) is 5.75 Å². The molecule has 4 heteroatoms. The fourth-order valence-electron chi connectivity index (χ4n) is 2.73. The van der Waals surface area contributed by atoms with Gasteiger partial charge in [0.1, 0.15) is 5.75 Å². The highest BCUT2D eigenvalue weighted by Crippen LogP contribution is 2.30. The van der Waals surface area contributed by atoms with Gasteiger partial charge in [-0.2, -0.15) is 0 Å². The number of aromatic nitrogens is 1. The normalized spacial score (nSPS) is 11.2. The van der Waals surface area contributed by atoms with Crippen LogP contribution >= 0.6 is 0 Å². The zero-order valence-corrected chi connectivity index (χ0v) is 15.4. The van der Waals surface area contributed by atoms with E-state index in [1.165, 1.54) is 26.4 Å². The molecule has 0 N–H and O–H groups in total. The van der Waals surface area contributed by atoms with E-state index < -0.39 is 5.97 Å². The first-order valence-electron chi connectivity index (χ1n) is 8.90. The Morgan fingerprint density at radius 3 is 2.76 bits per heavy atom. The molecule has 1 aromatic heterocycles. The molecule has 4 nitrogen and oxygen atoms in total. The van der Waals surface area contributed by atoms with Gasteiger partial charge >= 0.3 is 5.97 Å². The quantitative estimate of drug-likeness (QED) is 0.374. The van der Waals surface area contributed by atoms with Crippen LogP contribution in [-0.2, 0) is 16.0 Å². The Morgan fingerprint density at radius 1 is 1.20 bits per heavy atom. The number of benzene rings is 1. The predicted molar refractivity (Wildman–Crippen MR) is 101 cm³/mol. The van der Waals surface area contributed by atoms with Crippen molar-refractivity contribution in [1.82, 2.24) is 4.98 Å². The summed E-state index contributed by atoms with van der Waals surface area (Å²) in [6.45, 7) is 4.10. The zero-order valence-electron chi connectivity index (χ0n) is 15.4. The van der Waals surface area contributed by atoms with Gasteiger partial charge in [-0.1, -0.05) is 44.1 Å². The number of ether oxygens (including phenoxy) is 2. The van der Waals surface area contributed by atoms with E-state index in [1.807, 2.05) is 31.2 Å². The fraction of sp³-hybridized carbons (Fsp3) is 0.429. The van der Waals surface area contributed by atoms with Gasteiger partial charge in [-0.15, -0.1) is 0 Å². The van der Waals surface area contributed by atoms with Gasteiger partial charge in [0, 0.05) is 17.4 Å². The Bertz CT molecular complexity index is 737. The minimum Gasteiger partial charge on any atom is -0.481 e. The van der Waals surface area contributed by atoms with Crippen LogP contribution in [0.4, 0.5) is 0 Å². The molecule has 0 bridgehead atoms. The van der Waals surface area contributed by atoms with Crippen molar-refractivity contribution in [2.45, 2.75) is 46.0 Å². The first-order valence-corrected chi connectivity index (χ1v) is 8.90. The van der Waals surface area contributed by atoms with Crippen LogP contribution in [-0.4, -0.2) is 24.7 Å². The lowest BCUT2D eigenvalue weighted by molar-refractivity contribution is -0.142. The average Bonchev–Trinajstić information content (AvgIpc) is 2.64. The molecule has 0 unspecified atom stereocenters. The van der Waals surface area contributed by atoms with Crippen molar-refractivity contribution < 1.29 is 14.3 Å². The molecule has 2 rings (SSSR count). The number of para-hydroxylation sites is 1. The molecule has 0 aliphatic rings. The first-order chi connectivity index (χ1) is 12.2. The highest BCUT2D eigenvalue weighted by Gasteiger charge is 2.13. The van der Waals surface area contributed by atoms with Crippen LogP contribution in [0.25, 0.3) is 10.9 Å². The maximum atomic E-state index is 11.4. The SMILES string of the molecule is CCCCC/C=C/Cc1nc2ccccc2c(OCC(=O)OC)c1C. The van der Waals surface area contributed by atoms with Gasteiger partial charge in [-0.3, -0.25) is 4.98 Å². The van der Waals surface area contributed by atoms with Crippen LogP contribution in [0.15, 0.2) is 36.4 Å².